The minimum Gasteiger partial charge on any atom is -0.416 e. The van der Waals surface area contributed by atoms with Crippen LogP contribution in [-0.2, 0) is 9.53 Å². The van der Waals surface area contributed by atoms with Crippen LogP contribution in [0.25, 0.3) is 0 Å². The number of carbonyl (C=O) groups is 1. The Hall–Kier alpha value is -1.30. The fourth-order valence-electron chi connectivity index (χ4n) is 0.415. The van der Waals surface area contributed by atoms with Crippen LogP contribution in [0.4, 0.5) is 0 Å². The summed E-state index contributed by atoms with van der Waals surface area (Å²) in [6.45, 7) is 5.05. The fourth-order valence-corrected chi connectivity index (χ4v) is 0.415. The molecule has 0 bridgehead atoms. The third-order valence-electron chi connectivity index (χ3n) is 0.816. The third kappa shape index (κ3) is 3.67. The molecule has 10 heavy (non-hydrogen) atoms. The molecule has 0 fully saturated rings. The summed E-state index contributed by atoms with van der Waals surface area (Å²) >= 11 is 0. The molecule has 0 unspecified atom stereocenters. The van der Waals surface area contributed by atoms with Crippen molar-refractivity contribution >= 4 is 5.97 Å². The highest BCUT2D eigenvalue weighted by Crippen LogP contribution is 1.96. The molecule has 0 heterocycles. The second-order valence-corrected chi connectivity index (χ2v) is 1.76. The molecule has 0 aliphatic carbocycles. The van der Waals surface area contributed by atoms with Gasteiger partial charge < -0.3 is 4.74 Å². The Morgan fingerprint density at radius 3 is 2.80 bits per heavy atom. The molecule has 0 amide bonds. The lowest BCUT2D eigenvalue weighted by molar-refractivity contribution is -0.138. The number of carbonyl (C=O) groups excluding carboxylic acids is 1. The molecule has 0 aromatic carbocycles. The van der Waals surface area contributed by atoms with E-state index in [0.29, 0.717) is 6.42 Å². The standard InChI is InChI=1S/C7H9NO2/c1-3-4-7(9)10-6(2)5-8/h2-4H2,1H3. The number of esters is 1. The Kier molecular flexibility index (Phi) is 3.97. The van der Waals surface area contributed by atoms with Crippen molar-refractivity contribution in [2.75, 3.05) is 0 Å². The molecule has 0 radical (unpaired) electrons. The molecule has 0 saturated heterocycles. The van der Waals surface area contributed by atoms with Gasteiger partial charge in [0.2, 0.25) is 0 Å². The van der Waals surface area contributed by atoms with Crippen LogP contribution in [0.1, 0.15) is 19.8 Å². The largest absolute Gasteiger partial charge is 0.416 e. The summed E-state index contributed by atoms with van der Waals surface area (Å²) in [4.78, 5) is 10.6. The molecule has 0 saturated carbocycles. The Balaban J connectivity index is 3.60. The van der Waals surface area contributed by atoms with Gasteiger partial charge in [0.15, 0.2) is 5.76 Å². The highest BCUT2D eigenvalue weighted by molar-refractivity contribution is 5.70. The highest BCUT2D eigenvalue weighted by Gasteiger charge is 2.01. The molecule has 0 aliphatic rings. The van der Waals surface area contributed by atoms with E-state index in [9.17, 15) is 4.79 Å². The van der Waals surface area contributed by atoms with E-state index in [1.165, 1.54) is 0 Å². The molecular formula is C7H9NO2. The number of nitriles is 1. The Morgan fingerprint density at radius 1 is 1.80 bits per heavy atom. The zero-order chi connectivity index (χ0) is 7.98. The van der Waals surface area contributed by atoms with Crippen molar-refractivity contribution in [3.8, 4) is 6.07 Å². The zero-order valence-electron chi connectivity index (χ0n) is 5.89. The molecule has 0 aromatic rings. The molecule has 0 aromatic heterocycles. The summed E-state index contributed by atoms with van der Waals surface area (Å²) in [5.41, 5.74) is 0. The summed E-state index contributed by atoms with van der Waals surface area (Å²) in [7, 11) is 0. The lowest BCUT2D eigenvalue weighted by atomic mass is 10.3. The first kappa shape index (κ1) is 8.70. The second kappa shape index (κ2) is 4.57. The smallest absolute Gasteiger partial charge is 0.311 e. The van der Waals surface area contributed by atoms with Crippen molar-refractivity contribution in [3.05, 3.63) is 12.3 Å². The summed E-state index contributed by atoms with van der Waals surface area (Å²) in [6.07, 6.45) is 1.05. The Bertz CT molecular complexity index is 179. The number of hydrogen-bond donors (Lipinski definition) is 0. The van der Waals surface area contributed by atoms with E-state index >= 15 is 0 Å². The van der Waals surface area contributed by atoms with E-state index in [0.717, 1.165) is 6.42 Å². The van der Waals surface area contributed by atoms with Gasteiger partial charge in [0, 0.05) is 6.42 Å². The van der Waals surface area contributed by atoms with Crippen LogP contribution in [0.15, 0.2) is 12.3 Å². The van der Waals surface area contributed by atoms with Crippen molar-refractivity contribution in [1.29, 1.82) is 5.26 Å². The van der Waals surface area contributed by atoms with Crippen molar-refractivity contribution in [2.45, 2.75) is 19.8 Å². The van der Waals surface area contributed by atoms with Gasteiger partial charge in [-0.15, -0.1) is 0 Å². The van der Waals surface area contributed by atoms with E-state index in [2.05, 4.69) is 11.3 Å². The van der Waals surface area contributed by atoms with E-state index in [4.69, 9.17) is 5.26 Å². The minimum absolute atomic E-state index is 0.140. The van der Waals surface area contributed by atoms with Crippen LogP contribution >= 0.6 is 0 Å². The van der Waals surface area contributed by atoms with Gasteiger partial charge in [-0.1, -0.05) is 6.92 Å². The molecule has 54 valence electrons. The Labute approximate surface area is 59.9 Å². The topological polar surface area (TPSA) is 50.1 Å². The van der Waals surface area contributed by atoms with Crippen LogP contribution < -0.4 is 0 Å². The van der Waals surface area contributed by atoms with Crippen LogP contribution in [0.2, 0.25) is 0 Å². The summed E-state index contributed by atoms with van der Waals surface area (Å²) < 4.78 is 4.45. The lowest BCUT2D eigenvalue weighted by Crippen LogP contribution is -2.01. The number of nitrogens with zero attached hydrogens (tertiary/aromatic N) is 1. The molecule has 0 rings (SSSR count). The number of ether oxygens (including phenoxy) is 1. The normalized spacial score (nSPS) is 8.00. The van der Waals surface area contributed by atoms with Gasteiger partial charge in [0.1, 0.15) is 6.07 Å². The van der Waals surface area contributed by atoms with E-state index < -0.39 is 5.97 Å². The molecule has 0 spiro atoms. The van der Waals surface area contributed by atoms with E-state index in [1.54, 1.807) is 6.07 Å². The lowest BCUT2D eigenvalue weighted by Gasteiger charge is -1.96. The van der Waals surface area contributed by atoms with Crippen molar-refractivity contribution in [2.24, 2.45) is 0 Å². The van der Waals surface area contributed by atoms with Gasteiger partial charge >= 0.3 is 5.97 Å². The van der Waals surface area contributed by atoms with Gasteiger partial charge in [-0.2, -0.15) is 5.26 Å². The predicted octanol–water partition coefficient (Wildman–Crippen LogP) is 1.37. The van der Waals surface area contributed by atoms with Gasteiger partial charge in [0.05, 0.1) is 0 Å². The number of rotatable bonds is 3. The van der Waals surface area contributed by atoms with Gasteiger partial charge in [0.25, 0.3) is 0 Å². The summed E-state index contributed by atoms with van der Waals surface area (Å²) in [5, 5.41) is 8.13. The quantitative estimate of drug-likeness (QED) is 0.337. The van der Waals surface area contributed by atoms with Gasteiger partial charge in [-0.3, -0.25) is 4.79 Å². The van der Waals surface area contributed by atoms with Gasteiger partial charge in [-0.05, 0) is 13.0 Å². The van der Waals surface area contributed by atoms with E-state index in [-0.39, 0.29) is 5.76 Å². The molecular weight excluding hydrogens is 130 g/mol. The first-order chi connectivity index (χ1) is 4.70. The minimum atomic E-state index is -0.394. The number of allylic oxidation sites excluding steroid dienone is 1. The maximum atomic E-state index is 10.6. The third-order valence-corrected chi connectivity index (χ3v) is 0.816. The molecule has 0 N–H and O–H groups in total. The van der Waals surface area contributed by atoms with Crippen LogP contribution in [0.5, 0.6) is 0 Å². The predicted molar refractivity (Wildman–Crippen MR) is 35.8 cm³/mol. The zero-order valence-corrected chi connectivity index (χ0v) is 5.89. The molecule has 0 atom stereocenters. The van der Waals surface area contributed by atoms with Crippen LogP contribution in [0, 0.1) is 11.3 Å². The summed E-state index contributed by atoms with van der Waals surface area (Å²) in [5.74, 6) is -0.535. The molecule has 3 heteroatoms. The Morgan fingerprint density at radius 2 is 2.40 bits per heavy atom. The maximum absolute atomic E-state index is 10.6. The monoisotopic (exact) mass is 139 g/mol. The second-order valence-electron chi connectivity index (χ2n) is 1.76. The molecule has 3 nitrogen and oxygen atoms in total. The SMILES string of the molecule is C=C(C#N)OC(=O)CCC. The molecule has 0 aliphatic heterocycles. The van der Waals surface area contributed by atoms with Crippen LogP contribution in [-0.4, -0.2) is 5.97 Å². The van der Waals surface area contributed by atoms with Crippen molar-refractivity contribution < 1.29 is 9.53 Å². The van der Waals surface area contributed by atoms with Crippen LogP contribution in [0.3, 0.4) is 0 Å². The van der Waals surface area contributed by atoms with Gasteiger partial charge in [-0.25, -0.2) is 0 Å². The maximum Gasteiger partial charge on any atom is 0.311 e. The number of hydrogen-bond acceptors (Lipinski definition) is 3. The first-order valence-corrected chi connectivity index (χ1v) is 3.00. The fraction of sp³-hybridized carbons (Fsp3) is 0.429. The first-order valence-electron chi connectivity index (χ1n) is 3.00. The average Bonchev–Trinajstić information content (AvgIpc) is 1.88. The van der Waals surface area contributed by atoms with Crippen molar-refractivity contribution in [3.63, 3.8) is 0 Å². The summed E-state index contributed by atoms with van der Waals surface area (Å²) in [6, 6.07) is 1.62. The average molecular weight is 139 g/mol. The highest BCUT2D eigenvalue weighted by atomic mass is 16.5. The van der Waals surface area contributed by atoms with E-state index in [1.807, 2.05) is 6.92 Å². The van der Waals surface area contributed by atoms with Crippen molar-refractivity contribution in [1.82, 2.24) is 0 Å².